The molecule has 6 nitrogen and oxygen atoms in total. The van der Waals surface area contributed by atoms with E-state index in [1.807, 2.05) is 11.9 Å². The maximum Gasteiger partial charge on any atom is 0.270 e. The van der Waals surface area contributed by atoms with Crippen LogP contribution in [0.1, 0.15) is 23.3 Å². The molecule has 1 aromatic rings. The van der Waals surface area contributed by atoms with Crippen LogP contribution >= 0.6 is 0 Å². The highest BCUT2D eigenvalue weighted by atomic mass is 16.2. The number of pyridine rings is 1. The third-order valence-corrected chi connectivity index (χ3v) is 3.43. The van der Waals surface area contributed by atoms with Crippen molar-refractivity contribution in [3.63, 3.8) is 0 Å². The van der Waals surface area contributed by atoms with Crippen LogP contribution in [0.5, 0.6) is 0 Å². The third-order valence-electron chi connectivity index (χ3n) is 3.43. The SMILES string of the molecule is CNCC1CCCN1C(=O)CNC(=O)c1ccccn1. The highest BCUT2D eigenvalue weighted by Gasteiger charge is 2.27. The molecule has 0 radical (unpaired) electrons. The van der Waals surface area contributed by atoms with Crippen LogP contribution in [-0.2, 0) is 4.79 Å². The van der Waals surface area contributed by atoms with E-state index >= 15 is 0 Å². The van der Waals surface area contributed by atoms with Gasteiger partial charge in [-0.2, -0.15) is 0 Å². The minimum absolute atomic E-state index is 0.0234. The summed E-state index contributed by atoms with van der Waals surface area (Å²) >= 11 is 0. The lowest BCUT2D eigenvalue weighted by molar-refractivity contribution is -0.130. The molecule has 1 aromatic heterocycles. The second-order valence-electron chi connectivity index (χ2n) is 4.84. The molecule has 1 fully saturated rings. The molecule has 0 aromatic carbocycles. The molecule has 0 spiro atoms. The number of hydrogen-bond donors (Lipinski definition) is 2. The van der Waals surface area contributed by atoms with Gasteiger partial charge in [0.05, 0.1) is 6.54 Å². The number of carbonyl (C=O) groups is 2. The van der Waals surface area contributed by atoms with E-state index in [1.165, 1.54) is 0 Å². The summed E-state index contributed by atoms with van der Waals surface area (Å²) in [6.07, 6.45) is 3.59. The molecule has 1 aliphatic rings. The Morgan fingerprint density at radius 3 is 3.00 bits per heavy atom. The van der Waals surface area contributed by atoms with Crippen molar-refractivity contribution in [2.24, 2.45) is 0 Å². The van der Waals surface area contributed by atoms with Crippen LogP contribution in [-0.4, -0.2) is 54.4 Å². The fraction of sp³-hybridized carbons (Fsp3) is 0.500. The normalized spacial score (nSPS) is 18.1. The summed E-state index contributed by atoms with van der Waals surface area (Å²) in [6, 6.07) is 5.35. The minimum atomic E-state index is -0.316. The molecule has 6 heteroatoms. The van der Waals surface area contributed by atoms with Crippen LogP contribution in [0, 0.1) is 0 Å². The first kappa shape index (κ1) is 14.5. The molecule has 0 aliphatic carbocycles. The maximum atomic E-state index is 12.1. The molecule has 2 N–H and O–H groups in total. The maximum absolute atomic E-state index is 12.1. The summed E-state index contributed by atoms with van der Waals surface area (Å²) in [6.45, 7) is 1.58. The zero-order valence-corrected chi connectivity index (χ0v) is 11.6. The fourth-order valence-corrected chi connectivity index (χ4v) is 2.46. The molecule has 2 heterocycles. The molecule has 0 saturated carbocycles. The number of hydrogen-bond acceptors (Lipinski definition) is 4. The van der Waals surface area contributed by atoms with Crippen molar-refractivity contribution >= 4 is 11.8 Å². The van der Waals surface area contributed by atoms with E-state index in [-0.39, 0.29) is 24.4 Å². The first-order valence-electron chi connectivity index (χ1n) is 6.85. The minimum Gasteiger partial charge on any atom is -0.342 e. The van der Waals surface area contributed by atoms with Gasteiger partial charge in [-0.15, -0.1) is 0 Å². The fourth-order valence-electron chi connectivity index (χ4n) is 2.46. The van der Waals surface area contributed by atoms with Gasteiger partial charge in [-0.3, -0.25) is 14.6 Å². The van der Waals surface area contributed by atoms with Gasteiger partial charge in [0.1, 0.15) is 5.69 Å². The Labute approximate surface area is 118 Å². The van der Waals surface area contributed by atoms with Crippen molar-refractivity contribution in [2.75, 3.05) is 26.7 Å². The summed E-state index contributed by atoms with van der Waals surface area (Å²) in [5, 5.41) is 5.72. The van der Waals surface area contributed by atoms with Gasteiger partial charge in [0.25, 0.3) is 5.91 Å². The molecule has 1 aliphatic heterocycles. The molecule has 108 valence electrons. The third kappa shape index (κ3) is 3.54. The van der Waals surface area contributed by atoms with Crippen LogP contribution in [0.15, 0.2) is 24.4 Å². The molecule has 1 saturated heterocycles. The van der Waals surface area contributed by atoms with Crippen molar-refractivity contribution in [2.45, 2.75) is 18.9 Å². The van der Waals surface area contributed by atoms with Crippen LogP contribution < -0.4 is 10.6 Å². The first-order valence-corrected chi connectivity index (χ1v) is 6.85. The van der Waals surface area contributed by atoms with Gasteiger partial charge in [0.2, 0.25) is 5.91 Å². The molecule has 2 amide bonds. The van der Waals surface area contributed by atoms with E-state index in [9.17, 15) is 9.59 Å². The van der Waals surface area contributed by atoms with E-state index in [0.717, 1.165) is 25.9 Å². The Hall–Kier alpha value is -1.95. The second kappa shape index (κ2) is 7.00. The molecule has 20 heavy (non-hydrogen) atoms. The molecular weight excluding hydrogens is 256 g/mol. The monoisotopic (exact) mass is 276 g/mol. The summed E-state index contributed by atoms with van der Waals surface area (Å²) in [5.74, 6) is -0.352. The summed E-state index contributed by atoms with van der Waals surface area (Å²) in [5.41, 5.74) is 0.327. The molecule has 2 rings (SSSR count). The second-order valence-corrected chi connectivity index (χ2v) is 4.84. The number of likely N-dealkylation sites (N-methyl/N-ethyl adjacent to an activating group) is 1. The summed E-state index contributed by atoms with van der Waals surface area (Å²) < 4.78 is 0. The van der Waals surface area contributed by atoms with Crippen LogP contribution in [0.3, 0.4) is 0 Å². The highest BCUT2D eigenvalue weighted by Crippen LogP contribution is 2.16. The molecule has 1 atom stereocenters. The van der Waals surface area contributed by atoms with Crippen LogP contribution in [0.25, 0.3) is 0 Å². The van der Waals surface area contributed by atoms with Crippen molar-refractivity contribution in [3.8, 4) is 0 Å². The summed E-state index contributed by atoms with van der Waals surface area (Å²) in [7, 11) is 1.88. The van der Waals surface area contributed by atoms with Gasteiger partial charge in [0.15, 0.2) is 0 Å². The number of carbonyl (C=O) groups excluding carboxylic acids is 2. The Kier molecular flexibility index (Phi) is 5.06. The van der Waals surface area contributed by atoms with Crippen molar-refractivity contribution < 1.29 is 9.59 Å². The van der Waals surface area contributed by atoms with E-state index in [1.54, 1.807) is 24.4 Å². The first-order chi connectivity index (χ1) is 9.72. The van der Waals surface area contributed by atoms with E-state index in [2.05, 4.69) is 15.6 Å². The predicted molar refractivity (Wildman–Crippen MR) is 75.2 cm³/mol. The largest absolute Gasteiger partial charge is 0.342 e. The van der Waals surface area contributed by atoms with E-state index in [0.29, 0.717) is 5.69 Å². The number of likely N-dealkylation sites (tertiary alicyclic amines) is 1. The molecule has 0 bridgehead atoms. The van der Waals surface area contributed by atoms with Gasteiger partial charge in [-0.05, 0) is 32.0 Å². The van der Waals surface area contributed by atoms with E-state index in [4.69, 9.17) is 0 Å². The summed E-state index contributed by atoms with van der Waals surface area (Å²) in [4.78, 5) is 29.7. The van der Waals surface area contributed by atoms with Gasteiger partial charge >= 0.3 is 0 Å². The average molecular weight is 276 g/mol. The lowest BCUT2D eigenvalue weighted by Crippen LogP contribution is -2.45. The quantitative estimate of drug-likeness (QED) is 0.795. The number of nitrogens with one attached hydrogen (secondary N) is 2. The predicted octanol–water partition coefficient (Wildman–Crippen LogP) is 0.0218. The highest BCUT2D eigenvalue weighted by molar-refractivity contribution is 5.94. The van der Waals surface area contributed by atoms with Crippen molar-refractivity contribution in [1.29, 1.82) is 0 Å². The van der Waals surface area contributed by atoms with Gasteiger partial charge in [0, 0.05) is 25.3 Å². The number of aromatic nitrogens is 1. The zero-order chi connectivity index (χ0) is 14.4. The van der Waals surface area contributed by atoms with Crippen molar-refractivity contribution in [3.05, 3.63) is 30.1 Å². The number of rotatable bonds is 5. The van der Waals surface area contributed by atoms with Crippen molar-refractivity contribution in [1.82, 2.24) is 20.5 Å². The van der Waals surface area contributed by atoms with E-state index < -0.39 is 0 Å². The topological polar surface area (TPSA) is 74.3 Å². The molecular formula is C14H20N4O2. The Morgan fingerprint density at radius 2 is 2.30 bits per heavy atom. The average Bonchev–Trinajstić information content (AvgIpc) is 2.94. The standard InChI is InChI=1S/C14H20N4O2/c1-15-9-11-5-4-8-18(11)13(19)10-17-14(20)12-6-2-3-7-16-12/h2-3,6-7,11,15H,4-5,8-10H2,1H3,(H,17,20). The van der Waals surface area contributed by atoms with Crippen LogP contribution in [0.4, 0.5) is 0 Å². The molecule has 1 unspecified atom stereocenters. The Morgan fingerprint density at radius 1 is 1.45 bits per heavy atom. The number of nitrogens with zero attached hydrogens (tertiary/aromatic N) is 2. The smallest absolute Gasteiger partial charge is 0.270 e. The van der Waals surface area contributed by atoms with Gasteiger partial charge in [-0.25, -0.2) is 0 Å². The lowest BCUT2D eigenvalue weighted by Gasteiger charge is -2.24. The lowest BCUT2D eigenvalue weighted by atomic mass is 10.2. The van der Waals surface area contributed by atoms with Gasteiger partial charge < -0.3 is 15.5 Å². The Bertz CT molecular complexity index is 464. The Balaban J connectivity index is 1.84. The van der Waals surface area contributed by atoms with Crippen LogP contribution in [0.2, 0.25) is 0 Å². The van der Waals surface area contributed by atoms with Gasteiger partial charge in [-0.1, -0.05) is 6.07 Å². The zero-order valence-electron chi connectivity index (χ0n) is 11.6. The number of amides is 2.